The molecule has 1 aliphatic rings. The van der Waals surface area contributed by atoms with E-state index >= 15 is 0 Å². The number of thioether (sulfide) groups is 1. The van der Waals surface area contributed by atoms with Gasteiger partial charge in [0.25, 0.3) is 5.56 Å². The lowest BCUT2D eigenvalue weighted by Crippen LogP contribution is -2.26. The van der Waals surface area contributed by atoms with Crippen LogP contribution in [0.25, 0.3) is 10.9 Å². The molecule has 1 atom stereocenters. The van der Waals surface area contributed by atoms with Gasteiger partial charge in [-0.25, -0.2) is 4.98 Å². The molecule has 144 valence electrons. The van der Waals surface area contributed by atoms with Gasteiger partial charge >= 0.3 is 0 Å². The zero-order valence-corrected chi connectivity index (χ0v) is 16.3. The first kappa shape index (κ1) is 18.4. The third-order valence-corrected chi connectivity index (χ3v) is 5.52. The molecule has 0 saturated heterocycles. The molecule has 1 amide bonds. The van der Waals surface area contributed by atoms with E-state index in [0.717, 1.165) is 0 Å². The lowest BCUT2D eigenvalue weighted by Gasteiger charge is -2.15. The van der Waals surface area contributed by atoms with Gasteiger partial charge in [0, 0.05) is 18.3 Å². The number of benzene rings is 2. The van der Waals surface area contributed by atoms with Crippen LogP contribution in [0.15, 0.2) is 52.4 Å². The third kappa shape index (κ3) is 3.43. The smallest absolute Gasteiger partial charge is 0.262 e. The number of carbonyl (C=O) groups excluding carboxylic acids is 1. The molecule has 2 heterocycles. The molecule has 1 unspecified atom stereocenters. The van der Waals surface area contributed by atoms with E-state index < -0.39 is 5.25 Å². The van der Waals surface area contributed by atoms with Crippen LogP contribution in [-0.2, 0) is 11.3 Å². The Bertz CT molecular complexity index is 1110. The summed E-state index contributed by atoms with van der Waals surface area (Å²) in [6.45, 7) is 4.34. The third-order valence-electron chi connectivity index (χ3n) is 4.43. The zero-order chi connectivity index (χ0) is 19.7. The summed E-state index contributed by atoms with van der Waals surface area (Å²) in [5.74, 6) is 1.08. The minimum Gasteiger partial charge on any atom is -0.454 e. The maximum absolute atomic E-state index is 12.7. The molecule has 2 aromatic carbocycles. The standard InChI is InChI=1S/C20H19N3O4S/c1-3-23-19(25)14-6-4-5-7-15(14)22-20(23)28-12(2)18(24)21-13-8-9-16-17(10-13)27-11-26-16/h4-10,12H,3,11H2,1-2H3,(H,21,24). The molecule has 28 heavy (non-hydrogen) atoms. The van der Waals surface area contributed by atoms with Crippen LogP contribution < -0.4 is 20.3 Å². The SMILES string of the molecule is CCn1c(SC(C)C(=O)Nc2ccc3c(c2)OCO3)nc2ccccc2c1=O. The van der Waals surface area contributed by atoms with Crippen molar-refractivity contribution in [3.8, 4) is 11.5 Å². The average Bonchev–Trinajstić information content (AvgIpc) is 3.16. The van der Waals surface area contributed by atoms with Gasteiger partial charge in [-0.15, -0.1) is 0 Å². The van der Waals surface area contributed by atoms with Crippen LogP contribution in [0.1, 0.15) is 13.8 Å². The molecule has 0 spiro atoms. The number of hydrogen-bond donors (Lipinski definition) is 1. The predicted octanol–water partition coefficient (Wildman–Crippen LogP) is 3.26. The molecule has 7 nitrogen and oxygen atoms in total. The number of para-hydroxylation sites is 1. The normalized spacial score (nSPS) is 13.5. The highest BCUT2D eigenvalue weighted by atomic mass is 32.2. The van der Waals surface area contributed by atoms with Gasteiger partial charge in [0.2, 0.25) is 12.7 Å². The number of aromatic nitrogens is 2. The van der Waals surface area contributed by atoms with Crippen molar-refractivity contribution >= 4 is 34.3 Å². The van der Waals surface area contributed by atoms with Gasteiger partial charge < -0.3 is 14.8 Å². The molecular weight excluding hydrogens is 378 g/mol. The summed E-state index contributed by atoms with van der Waals surface area (Å²) >= 11 is 1.26. The second-order valence-electron chi connectivity index (χ2n) is 6.28. The van der Waals surface area contributed by atoms with Crippen LogP contribution in [0.5, 0.6) is 11.5 Å². The quantitative estimate of drug-likeness (QED) is 0.526. The van der Waals surface area contributed by atoms with E-state index in [0.29, 0.717) is 39.8 Å². The predicted molar refractivity (Wildman–Crippen MR) is 108 cm³/mol. The monoisotopic (exact) mass is 397 g/mol. The number of nitrogens with zero attached hydrogens (tertiary/aromatic N) is 2. The first-order valence-electron chi connectivity index (χ1n) is 8.93. The molecule has 3 aromatic rings. The van der Waals surface area contributed by atoms with E-state index in [1.807, 2.05) is 19.1 Å². The summed E-state index contributed by atoms with van der Waals surface area (Å²) in [5, 5.41) is 3.53. The average molecular weight is 397 g/mol. The maximum atomic E-state index is 12.7. The molecule has 0 fully saturated rings. The summed E-state index contributed by atoms with van der Waals surface area (Å²) in [6, 6.07) is 12.5. The highest BCUT2D eigenvalue weighted by Gasteiger charge is 2.20. The van der Waals surface area contributed by atoms with Crippen molar-refractivity contribution in [1.82, 2.24) is 9.55 Å². The number of fused-ring (bicyclic) bond motifs is 2. The van der Waals surface area contributed by atoms with Crippen LogP contribution in [0.2, 0.25) is 0 Å². The molecule has 0 bridgehead atoms. The van der Waals surface area contributed by atoms with Crippen molar-refractivity contribution in [2.45, 2.75) is 30.8 Å². The zero-order valence-electron chi connectivity index (χ0n) is 15.5. The van der Waals surface area contributed by atoms with Crippen LogP contribution in [0.3, 0.4) is 0 Å². The molecule has 4 rings (SSSR count). The summed E-state index contributed by atoms with van der Waals surface area (Å²) in [5.41, 5.74) is 1.16. The Morgan fingerprint density at radius 3 is 2.86 bits per heavy atom. The molecule has 0 saturated carbocycles. The van der Waals surface area contributed by atoms with E-state index in [1.165, 1.54) is 11.8 Å². The van der Waals surface area contributed by atoms with Crippen molar-refractivity contribution in [2.75, 3.05) is 12.1 Å². The highest BCUT2D eigenvalue weighted by Crippen LogP contribution is 2.34. The Morgan fingerprint density at radius 1 is 1.25 bits per heavy atom. The first-order valence-corrected chi connectivity index (χ1v) is 9.81. The van der Waals surface area contributed by atoms with Gasteiger partial charge in [-0.05, 0) is 38.1 Å². The Hall–Kier alpha value is -3.00. The second-order valence-corrected chi connectivity index (χ2v) is 7.59. The number of nitrogens with one attached hydrogen (secondary N) is 1. The van der Waals surface area contributed by atoms with Gasteiger partial charge in [0.05, 0.1) is 16.2 Å². The van der Waals surface area contributed by atoms with Crippen LogP contribution >= 0.6 is 11.8 Å². The van der Waals surface area contributed by atoms with E-state index in [4.69, 9.17) is 9.47 Å². The van der Waals surface area contributed by atoms with Crippen molar-refractivity contribution in [3.05, 3.63) is 52.8 Å². The first-order chi connectivity index (χ1) is 13.6. The Labute approximate surface area is 165 Å². The Kier molecular flexibility index (Phi) is 4.95. The van der Waals surface area contributed by atoms with E-state index in [2.05, 4.69) is 10.3 Å². The number of hydrogen-bond acceptors (Lipinski definition) is 6. The van der Waals surface area contributed by atoms with Crippen molar-refractivity contribution < 1.29 is 14.3 Å². The van der Waals surface area contributed by atoms with E-state index in [1.54, 1.807) is 41.8 Å². The molecule has 0 radical (unpaired) electrons. The second kappa shape index (κ2) is 7.55. The maximum Gasteiger partial charge on any atom is 0.262 e. The van der Waals surface area contributed by atoms with Crippen molar-refractivity contribution in [2.24, 2.45) is 0 Å². The largest absolute Gasteiger partial charge is 0.454 e. The lowest BCUT2D eigenvalue weighted by atomic mass is 10.2. The lowest BCUT2D eigenvalue weighted by molar-refractivity contribution is -0.115. The van der Waals surface area contributed by atoms with Crippen LogP contribution in [0.4, 0.5) is 5.69 Å². The van der Waals surface area contributed by atoms with Gasteiger partial charge in [0.15, 0.2) is 16.7 Å². The van der Waals surface area contributed by atoms with Crippen molar-refractivity contribution in [3.63, 3.8) is 0 Å². The van der Waals surface area contributed by atoms with E-state index in [9.17, 15) is 9.59 Å². The van der Waals surface area contributed by atoms with Gasteiger partial charge in [0.1, 0.15) is 0 Å². The topological polar surface area (TPSA) is 82.5 Å². The van der Waals surface area contributed by atoms with Gasteiger partial charge in [-0.2, -0.15) is 0 Å². The Morgan fingerprint density at radius 2 is 2.04 bits per heavy atom. The molecule has 1 N–H and O–H groups in total. The molecular formula is C20H19N3O4S. The fraction of sp³-hybridized carbons (Fsp3) is 0.250. The molecule has 1 aliphatic heterocycles. The summed E-state index contributed by atoms with van der Waals surface area (Å²) in [7, 11) is 0. The molecule has 8 heteroatoms. The number of amides is 1. The van der Waals surface area contributed by atoms with Crippen LogP contribution in [0, 0.1) is 0 Å². The summed E-state index contributed by atoms with van der Waals surface area (Å²) in [4.78, 5) is 30.0. The molecule has 0 aliphatic carbocycles. The summed E-state index contributed by atoms with van der Waals surface area (Å²) in [6.07, 6.45) is 0. The highest BCUT2D eigenvalue weighted by molar-refractivity contribution is 8.00. The van der Waals surface area contributed by atoms with Gasteiger partial charge in [-0.3, -0.25) is 14.2 Å². The Balaban J connectivity index is 1.55. The van der Waals surface area contributed by atoms with Crippen molar-refractivity contribution in [1.29, 1.82) is 0 Å². The van der Waals surface area contributed by atoms with Gasteiger partial charge in [-0.1, -0.05) is 23.9 Å². The minimum atomic E-state index is -0.448. The fourth-order valence-corrected chi connectivity index (χ4v) is 3.92. The number of carbonyl (C=O) groups is 1. The number of anilines is 1. The van der Waals surface area contributed by atoms with E-state index in [-0.39, 0.29) is 18.3 Å². The van der Waals surface area contributed by atoms with Crippen LogP contribution in [-0.4, -0.2) is 27.5 Å². The fourth-order valence-electron chi connectivity index (χ4n) is 2.95. The summed E-state index contributed by atoms with van der Waals surface area (Å²) < 4.78 is 12.2. The number of ether oxygens (including phenoxy) is 2. The molecule has 1 aromatic heterocycles. The minimum absolute atomic E-state index is 0.0982. The number of rotatable bonds is 5.